The molecule has 44 heavy (non-hydrogen) atoms. The summed E-state index contributed by atoms with van der Waals surface area (Å²) < 4.78 is 0. The van der Waals surface area contributed by atoms with Crippen LogP contribution in [0.4, 0.5) is 17.1 Å². The Kier molecular flexibility index (Phi) is 8.13. The lowest BCUT2D eigenvalue weighted by Gasteiger charge is -2.30. The number of hydrogen-bond donors (Lipinski definition) is 0. The van der Waals surface area contributed by atoms with Gasteiger partial charge in [-0.15, -0.1) is 0 Å². The molecular formula is C41H39N3. The molecule has 3 heteroatoms. The third-order valence-corrected chi connectivity index (χ3v) is 8.06. The smallest absolute Gasteiger partial charge is 0.0708 e. The predicted molar refractivity (Wildman–Crippen MR) is 186 cm³/mol. The first-order chi connectivity index (χ1) is 21.3. The van der Waals surface area contributed by atoms with Gasteiger partial charge in [0.2, 0.25) is 0 Å². The van der Waals surface area contributed by atoms with Crippen molar-refractivity contribution >= 4 is 17.1 Å². The van der Waals surface area contributed by atoms with E-state index in [-0.39, 0.29) is 5.41 Å². The van der Waals surface area contributed by atoms with Crippen molar-refractivity contribution in [2.45, 2.75) is 46.0 Å². The van der Waals surface area contributed by atoms with Crippen molar-refractivity contribution in [2.24, 2.45) is 0 Å². The average Bonchev–Trinajstić information content (AvgIpc) is 3.05. The zero-order valence-corrected chi connectivity index (χ0v) is 26.2. The summed E-state index contributed by atoms with van der Waals surface area (Å²) in [6, 6.07) is 45.2. The quantitative estimate of drug-likeness (QED) is 0.190. The monoisotopic (exact) mass is 573 g/mol. The van der Waals surface area contributed by atoms with Gasteiger partial charge in [-0.05, 0) is 94.3 Å². The lowest BCUT2D eigenvalue weighted by molar-refractivity contribution is 0.588. The summed E-state index contributed by atoms with van der Waals surface area (Å²) in [6.45, 7) is 11.4. The molecule has 218 valence electrons. The normalized spacial score (nSPS) is 11.5. The van der Waals surface area contributed by atoms with Crippen LogP contribution in [-0.2, 0) is 5.41 Å². The van der Waals surface area contributed by atoms with Gasteiger partial charge in [-0.2, -0.15) is 0 Å². The molecule has 0 aliphatic rings. The van der Waals surface area contributed by atoms with E-state index in [4.69, 9.17) is 4.98 Å². The number of anilines is 3. The Balaban J connectivity index is 1.52. The van der Waals surface area contributed by atoms with Gasteiger partial charge in [-0.3, -0.25) is 9.97 Å². The zero-order chi connectivity index (χ0) is 30.7. The minimum absolute atomic E-state index is 0.00473. The van der Waals surface area contributed by atoms with E-state index in [1.807, 2.05) is 30.6 Å². The highest BCUT2D eigenvalue weighted by Gasteiger charge is 2.21. The molecule has 0 unspecified atom stereocenters. The van der Waals surface area contributed by atoms with Gasteiger partial charge in [0, 0.05) is 40.6 Å². The van der Waals surface area contributed by atoms with Crippen LogP contribution in [0.3, 0.4) is 0 Å². The van der Waals surface area contributed by atoms with Crippen molar-refractivity contribution in [3.8, 4) is 33.6 Å². The molecule has 0 spiro atoms. The SMILES string of the molecule is CC(C)c1cc(N(c2cccc(-c3ccccn3)c2)c2cccc(-c3cc(-c4ccccc4)ccn3)c2)cc(C(C)(C)C)c1. The molecule has 2 heterocycles. The van der Waals surface area contributed by atoms with Crippen molar-refractivity contribution in [3.05, 3.63) is 151 Å². The fraction of sp³-hybridized carbons (Fsp3) is 0.171. The van der Waals surface area contributed by atoms with Crippen molar-refractivity contribution in [2.75, 3.05) is 4.90 Å². The number of nitrogens with zero attached hydrogens (tertiary/aromatic N) is 3. The Labute approximate surface area is 261 Å². The number of hydrogen-bond acceptors (Lipinski definition) is 3. The lowest BCUT2D eigenvalue weighted by atomic mass is 9.84. The molecule has 0 saturated heterocycles. The largest absolute Gasteiger partial charge is 0.310 e. The summed E-state index contributed by atoms with van der Waals surface area (Å²) in [4.78, 5) is 11.8. The van der Waals surface area contributed by atoms with E-state index < -0.39 is 0 Å². The van der Waals surface area contributed by atoms with Gasteiger partial charge in [0.05, 0.1) is 11.4 Å². The predicted octanol–water partition coefficient (Wildman–Crippen LogP) is 11.4. The third-order valence-electron chi connectivity index (χ3n) is 8.06. The summed E-state index contributed by atoms with van der Waals surface area (Å²) >= 11 is 0. The summed E-state index contributed by atoms with van der Waals surface area (Å²) in [5.74, 6) is 0.397. The molecule has 3 nitrogen and oxygen atoms in total. The van der Waals surface area contributed by atoms with Crippen LogP contribution in [-0.4, -0.2) is 9.97 Å². The maximum absolute atomic E-state index is 4.79. The fourth-order valence-electron chi connectivity index (χ4n) is 5.52. The van der Waals surface area contributed by atoms with Gasteiger partial charge < -0.3 is 4.90 Å². The van der Waals surface area contributed by atoms with Crippen LogP contribution in [0.1, 0.15) is 51.7 Å². The van der Waals surface area contributed by atoms with Crippen molar-refractivity contribution < 1.29 is 0 Å². The Morgan fingerprint density at radius 1 is 0.500 bits per heavy atom. The Morgan fingerprint density at radius 2 is 1.14 bits per heavy atom. The first-order valence-corrected chi connectivity index (χ1v) is 15.4. The molecule has 0 aliphatic heterocycles. The first kappa shape index (κ1) is 29.1. The molecule has 2 aromatic heterocycles. The molecule has 0 saturated carbocycles. The third kappa shape index (κ3) is 6.33. The van der Waals surface area contributed by atoms with Crippen LogP contribution >= 0.6 is 0 Å². The van der Waals surface area contributed by atoms with E-state index in [1.165, 1.54) is 16.7 Å². The number of aromatic nitrogens is 2. The molecule has 0 aliphatic carbocycles. The molecule has 6 rings (SSSR count). The van der Waals surface area contributed by atoms with Gasteiger partial charge in [0.25, 0.3) is 0 Å². The second kappa shape index (κ2) is 12.3. The molecule has 0 amide bonds. The second-order valence-electron chi connectivity index (χ2n) is 12.7. The van der Waals surface area contributed by atoms with E-state index in [9.17, 15) is 0 Å². The second-order valence-corrected chi connectivity index (χ2v) is 12.7. The Hall–Kier alpha value is -5.02. The number of rotatable bonds is 7. The maximum atomic E-state index is 4.79. The summed E-state index contributed by atoms with van der Waals surface area (Å²) in [5.41, 5.74) is 12.3. The molecule has 0 radical (unpaired) electrons. The van der Waals surface area contributed by atoms with E-state index in [0.29, 0.717) is 5.92 Å². The van der Waals surface area contributed by atoms with Crippen LogP contribution in [0.15, 0.2) is 140 Å². The van der Waals surface area contributed by atoms with Gasteiger partial charge >= 0.3 is 0 Å². The van der Waals surface area contributed by atoms with Gasteiger partial charge in [0.15, 0.2) is 0 Å². The minimum atomic E-state index is 0.00473. The molecule has 0 bridgehead atoms. The van der Waals surface area contributed by atoms with Crippen LogP contribution in [0, 0.1) is 0 Å². The van der Waals surface area contributed by atoms with Gasteiger partial charge in [0.1, 0.15) is 0 Å². The highest BCUT2D eigenvalue weighted by atomic mass is 15.1. The highest BCUT2D eigenvalue weighted by Crippen LogP contribution is 2.41. The molecular weight excluding hydrogens is 534 g/mol. The minimum Gasteiger partial charge on any atom is -0.310 e. The Morgan fingerprint density at radius 3 is 1.77 bits per heavy atom. The van der Waals surface area contributed by atoms with E-state index >= 15 is 0 Å². The van der Waals surface area contributed by atoms with Crippen molar-refractivity contribution in [1.82, 2.24) is 9.97 Å². The zero-order valence-electron chi connectivity index (χ0n) is 26.2. The molecule has 0 fully saturated rings. The first-order valence-electron chi connectivity index (χ1n) is 15.4. The van der Waals surface area contributed by atoms with Crippen LogP contribution < -0.4 is 4.90 Å². The van der Waals surface area contributed by atoms with Crippen molar-refractivity contribution in [1.29, 1.82) is 0 Å². The van der Waals surface area contributed by atoms with Crippen LogP contribution in [0.5, 0.6) is 0 Å². The summed E-state index contributed by atoms with van der Waals surface area (Å²) in [6.07, 6.45) is 3.75. The van der Waals surface area contributed by atoms with Crippen molar-refractivity contribution in [3.63, 3.8) is 0 Å². The number of benzene rings is 4. The van der Waals surface area contributed by atoms with Crippen LogP contribution in [0.2, 0.25) is 0 Å². The fourth-order valence-corrected chi connectivity index (χ4v) is 5.52. The maximum Gasteiger partial charge on any atom is 0.0708 e. The number of pyridine rings is 2. The van der Waals surface area contributed by atoms with E-state index in [0.717, 1.165) is 45.1 Å². The topological polar surface area (TPSA) is 29.0 Å². The molecule has 6 aromatic rings. The summed E-state index contributed by atoms with van der Waals surface area (Å²) in [7, 11) is 0. The lowest BCUT2D eigenvalue weighted by Crippen LogP contribution is -2.16. The van der Waals surface area contributed by atoms with E-state index in [1.54, 1.807) is 0 Å². The molecule has 4 aromatic carbocycles. The average molecular weight is 574 g/mol. The Bertz CT molecular complexity index is 1870. The summed E-state index contributed by atoms with van der Waals surface area (Å²) in [5, 5.41) is 0. The van der Waals surface area contributed by atoms with E-state index in [2.05, 4.69) is 154 Å². The van der Waals surface area contributed by atoms with Crippen LogP contribution in [0.25, 0.3) is 33.6 Å². The standard InChI is InChI=1S/C41H39N3/c1-29(2)34-23-35(41(3,4)5)28-38(26-34)44(36-17-11-15-32(24-36)39-19-9-10-21-42-39)37-18-12-16-33(25-37)40-27-31(20-22-43-40)30-13-7-6-8-14-30/h6-29H,1-5H3. The molecule has 0 N–H and O–H groups in total. The molecule has 0 atom stereocenters. The highest BCUT2D eigenvalue weighted by molar-refractivity contribution is 5.82. The van der Waals surface area contributed by atoms with Gasteiger partial charge in [-0.1, -0.05) is 101 Å². The van der Waals surface area contributed by atoms with Gasteiger partial charge in [-0.25, -0.2) is 0 Å².